The largest absolute Gasteiger partial charge is 0.379 e. The molecular weight excluding hydrogens is 456 g/mol. The van der Waals surface area contributed by atoms with Gasteiger partial charge < -0.3 is 10.1 Å². The van der Waals surface area contributed by atoms with Crippen LogP contribution in [0, 0.1) is 0 Å². The number of nitrogens with zero attached hydrogens (tertiary/aromatic N) is 6. The summed E-state index contributed by atoms with van der Waals surface area (Å²) in [6, 6.07) is 11.6. The second-order valence-electron chi connectivity index (χ2n) is 8.00. The Kier molecular flexibility index (Phi) is 6.81. The molecule has 2 N–H and O–H groups in total. The van der Waals surface area contributed by atoms with E-state index < -0.39 is 10.9 Å². The molecule has 1 aromatic carbocycles. The van der Waals surface area contributed by atoms with Crippen LogP contribution in [0.1, 0.15) is 5.56 Å². The molecule has 5 rings (SSSR count). The number of nitrogens with one attached hydrogen (secondary N) is 2. The summed E-state index contributed by atoms with van der Waals surface area (Å²) < 4.78 is 33.2. The molecule has 1 aliphatic rings. The standard InChI is InChI=1S/C22H26N8O3S/c31-34(32)25-13-17-2-1-3-18(12-17)21-5-4-20-15-23-22(27-30(20)21)26-19-14-24-29(16-19)7-6-28-8-10-33-11-9-28/h1-5,12,14-16,34H,6-11,13H2,(H,26,27)(H,25,31,32). The van der Waals surface area contributed by atoms with Crippen molar-refractivity contribution in [1.29, 1.82) is 0 Å². The van der Waals surface area contributed by atoms with Gasteiger partial charge in [-0.05, 0) is 23.8 Å². The molecule has 34 heavy (non-hydrogen) atoms. The minimum Gasteiger partial charge on any atom is -0.379 e. The summed E-state index contributed by atoms with van der Waals surface area (Å²) in [6.45, 7) is 5.46. The Morgan fingerprint density at radius 1 is 1.06 bits per heavy atom. The Morgan fingerprint density at radius 2 is 1.94 bits per heavy atom. The first kappa shape index (κ1) is 22.5. The lowest BCUT2D eigenvalue weighted by atomic mass is 10.1. The number of morpholine rings is 1. The van der Waals surface area contributed by atoms with Gasteiger partial charge in [0.25, 0.3) is 0 Å². The third-order valence-corrected chi connectivity index (χ3v) is 6.09. The quantitative estimate of drug-likeness (QED) is 0.306. The van der Waals surface area contributed by atoms with Gasteiger partial charge >= 0.3 is 0 Å². The van der Waals surface area contributed by atoms with Crippen LogP contribution in [-0.4, -0.2) is 70.5 Å². The Labute approximate surface area is 198 Å². The predicted molar refractivity (Wildman–Crippen MR) is 128 cm³/mol. The lowest BCUT2D eigenvalue weighted by molar-refractivity contribution is 0.0360. The zero-order chi connectivity index (χ0) is 23.3. The van der Waals surface area contributed by atoms with Crippen LogP contribution in [0.4, 0.5) is 11.6 Å². The van der Waals surface area contributed by atoms with Gasteiger partial charge in [0.1, 0.15) is 0 Å². The smallest absolute Gasteiger partial charge is 0.245 e. The number of fused-ring (bicyclic) bond motifs is 1. The summed E-state index contributed by atoms with van der Waals surface area (Å²) in [5, 5.41) is 12.3. The van der Waals surface area contributed by atoms with Crippen molar-refractivity contribution in [3.8, 4) is 11.3 Å². The second-order valence-corrected chi connectivity index (χ2v) is 8.83. The van der Waals surface area contributed by atoms with Crippen LogP contribution in [0.15, 0.2) is 55.0 Å². The number of thiol groups is 1. The molecule has 1 fully saturated rings. The van der Waals surface area contributed by atoms with Crippen molar-refractivity contribution >= 4 is 28.0 Å². The normalized spacial score (nSPS) is 14.7. The van der Waals surface area contributed by atoms with Gasteiger partial charge in [0.2, 0.25) is 16.8 Å². The molecule has 0 bridgehead atoms. The lowest BCUT2D eigenvalue weighted by Gasteiger charge is -2.26. The number of aromatic nitrogens is 5. The first-order valence-electron chi connectivity index (χ1n) is 11.1. The molecule has 0 spiro atoms. The Morgan fingerprint density at radius 3 is 2.79 bits per heavy atom. The summed E-state index contributed by atoms with van der Waals surface area (Å²) in [5.41, 5.74) is 4.35. The van der Waals surface area contributed by atoms with E-state index in [1.165, 1.54) is 0 Å². The third-order valence-electron chi connectivity index (χ3n) is 5.67. The van der Waals surface area contributed by atoms with Gasteiger partial charge in [-0.2, -0.15) is 5.10 Å². The highest BCUT2D eigenvalue weighted by atomic mass is 32.2. The predicted octanol–water partition coefficient (Wildman–Crippen LogP) is 1.28. The highest BCUT2D eigenvalue weighted by Crippen LogP contribution is 2.23. The zero-order valence-electron chi connectivity index (χ0n) is 18.5. The third kappa shape index (κ3) is 5.42. The van der Waals surface area contributed by atoms with Crippen molar-refractivity contribution in [2.24, 2.45) is 0 Å². The second kappa shape index (κ2) is 10.3. The maximum absolute atomic E-state index is 10.8. The Balaban J connectivity index is 1.30. The number of rotatable bonds is 9. The van der Waals surface area contributed by atoms with E-state index >= 15 is 0 Å². The van der Waals surface area contributed by atoms with Gasteiger partial charge in [-0.1, -0.05) is 18.2 Å². The molecule has 0 atom stereocenters. The average molecular weight is 483 g/mol. The highest BCUT2D eigenvalue weighted by molar-refractivity contribution is 7.70. The molecule has 4 heterocycles. The van der Waals surface area contributed by atoms with E-state index in [0.717, 1.165) is 67.4 Å². The van der Waals surface area contributed by atoms with Crippen LogP contribution in [0.2, 0.25) is 0 Å². The summed E-state index contributed by atoms with van der Waals surface area (Å²) >= 11 is 0. The minimum absolute atomic E-state index is 0.243. The van der Waals surface area contributed by atoms with E-state index in [2.05, 4.69) is 30.1 Å². The fourth-order valence-electron chi connectivity index (χ4n) is 3.92. The first-order chi connectivity index (χ1) is 16.6. The fraction of sp³-hybridized carbons (Fsp3) is 0.318. The number of anilines is 2. The van der Waals surface area contributed by atoms with E-state index in [1.807, 2.05) is 51.8 Å². The molecule has 11 nitrogen and oxygen atoms in total. The highest BCUT2D eigenvalue weighted by Gasteiger charge is 2.11. The van der Waals surface area contributed by atoms with Crippen molar-refractivity contribution in [3.05, 3.63) is 60.6 Å². The van der Waals surface area contributed by atoms with Crippen LogP contribution in [0.25, 0.3) is 16.8 Å². The van der Waals surface area contributed by atoms with Gasteiger partial charge in [-0.3, -0.25) is 9.58 Å². The summed E-state index contributed by atoms with van der Waals surface area (Å²) in [4.78, 5) is 6.79. The Hall–Kier alpha value is -3.32. The van der Waals surface area contributed by atoms with E-state index in [-0.39, 0.29) is 6.54 Å². The molecule has 178 valence electrons. The van der Waals surface area contributed by atoms with Gasteiger partial charge in [0.05, 0.1) is 49.1 Å². The lowest BCUT2D eigenvalue weighted by Crippen LogP contribution is -2.38. The molecule has 12 heteroatoms. The molecule has 3 aromatic heterocycles. The van der Waals surface area contributed by atoms with Crippen molar-refractivity contribution < 1.29 is 13.2 Å². The van der Waals surface area contributed by atoms with Gasteiger partial charge in [0.15, 0.2) is 0 Å². The van der Waals surface area contributed by atoms with E-state index in [0.29, 0.717) is 5.95 Å². The zero-order valence-corrected chi connectivity index (χ0v) is 19.4. The maximum Gasteiger partial charge on any atom is 0.245 e. The van der Waals surface area contributed by atoms with Crippen LogP contribution >= 0.6 is 0 Å². The van der Waals surface area contributed by atoms with Crippen molar-refractivity contribution in [1.82, 2.24) is 34.0 Å². The minimum atomic E-state index is -2.64. The summed E-state index contributed by atoms with van der Waals surface area (Å²) in [6.07, 6.45) is 5.47. The topological polar surface area (TPSA) is 119 Å². The molecule has 0 aliphatic carbocycles. The van der Waals surface area contributed by atoms with Gasteiger partial charge in [-0.25, -0.2) is 22.6 Å². The molecule has 0 amide bonds. The van der Waals surface area contributed by atoms with Crippen LogP contribution in [0.5, 0.6) is 0 Å². The summed E-state index contributed by atoms with van der Waals surface area (Å²) in [5.74, 6) is 0.457. The van der Waals surface area contributed by atoms with E-state index in [9.17, 15) is 8.42 Å². The average Bonchev–Trinajstić information content (AvgIpc) is 3.49. The maximum atomic E-state index is 10.8. The molecule has 0 saturated carbocycles. The van der Waals surface area contributed by atoms with Gasteiger partial charge in [-0.15, -0.1) is 5.10 Å². The van der Waals surface area contributed by atoms with Crippen LogP contribution in [-0.2, 0) is 28.7 Å². The number of hydrogen-bond acceptors (Lipinski definition) is 8. The monoisotopic (exact) mass is 482 g/mol. The van der Waals surface area contributed by atoms with Crippen LogP contribution in [0.3, 0.4) is 0 Å². The van der Waals surface area contributed by atoms with Gasteiger partial charge in [0, 0.05) is 37.9 Å². The number of hydrogen-bond donors (Lipinski definition) is 3. The first-order valence-corrected chi connectivity index (χ1v) is 12.2. The SMILES string of the molecule is O=[SH](=O)NCc1cccc(-c2ccc3cnc(Nc4cnn(CCN5CCOCC5)c4)nn23)c1. The molecule has 0 radical (unpaired) electrons. The molecule has 1 saturated heterocycles. The number of benzene rings is 1. The van der Waals surface area contributed by atoms with Crippen molar-refractivity contribution in [2.75, 3.05) is 38.2 Å². The summed E-state index contributed by atoms with van der Waals surface area (Å²) in [7, 11) is -2.64. The molecule has 0 unspecified atom stereocenters. The molecule has 4 aromatic rings. The van der Waals surface area contributed by atoms with E-state index in [1.54, 1.807) is 12.4 Å². The fourth-order valence-corrected chi connectivity index (χ4v) is 4.23. The Bertz CT molecular complexity index is 1330. The van der Waals surface area contributed by atoms with Crippen LogP contribution < -0.4 is 10.0 Å². The van der Waals surface area contributed by atoms with Crippen molar-refractivity contribution in [3.63, 3.8) is 0 Å². The van der Waals surface area contributed by atoms with Crippen molar-refractivity contribution in [2.45, 2.75) is 13.1 Å². The molecular formula is C22H26N8O3S. The van der Waals surface area contributed by atoms with E-state index in [4.69, 9.17) is 4.74 Å². The molecule has 1 aliphatic heterocycles. The number of ether oxygens (including phenoxy) is 1.